The van der Waals surface area contributed by atoms with Crippen molar-refractivity contribution in [3.05, 3.63) is 108 Å². The molecule has 0 bridgehead atoms. The van der Waals surface area contributed by atoms with Gasteiger partial charge in [0.1, 0.15) is 0 Å². The Kier molecular flexibility index (Phi) is 14.5. The lowest BCUT2D eigenvalue weighted by Crippen LogP contribution is -1.91. The smallest absolute Gasteiger partial charge is 0.188 e. The van der Waals surface area contributed by atoms with Crippen molar-refractivity contribution in [3.63, 3.8) is 0 Å². The molecule has 0 spiro atoms. The van der Waals surface area contributed by atoms with Crippen LogP contribution in [0.2, 0.25) is 0 Å². The Bertz CT molecular complexity index is 745. The lowest BCUT2D eigenvalue weighted by atomic mass is 10.1. The maximum absolute atomic E-state index is 8.76. The van der Waals surface area contributed by atoms with E-state index in [9.17, 15) is 0 Å². The van der Waals surface area contributed by atoms with Crippen LogP contribution in [0, 0.1) is 0 Å². The molecular weight excluding hydrogens is 408 g/mol. The van der Waals surface area contributed by atoms with Gasteiger partial charge in [-0.15, -0.1) is 12.4 Å². The van der Waals surface area contributed by atoms with Crippen molar-refractivity contribution < 1.29 is 10.2 Å². The summed E-state index contributed by atoms with van der Waals surface area (Å²) in [7, 11) is 0. The predicted molar refractivity (Wildman–Crippen MR) is 129 cm³/mol. The van der Waals surface area contributed by atoms with Crippen molar-refractivity contribution in [2.45, 2.75) is 19.8 Å². The quantitative estimate of drug-likeness (QED) is 0.440. The molecule has 0 atom stereocenters. The van der Waals surface area contributed by atoms with E-state index in [0.29, 0.717) is 11.1 Å². The van der Waals surface area contributed by atoms with E-state index in [2.05, 4.69) is 61.7 Å². The molecule has 0 saturated heterocycles. The third-order valence-corrected chi connectivity index (χ3v) is 3.89. The van der Waals surface area contributed by atoms with Crippen molar-refractivity contribution in [2.75, 3.05) is 0 Å². The maximum Gasteiger partial charge on any atom is 0.188 e. The maximum atomic E-state index is 8.76. The molecule has 3 aromatic carbocycles. The van der Waals surface area contributed by atoms with Gasteiger partial charge in [-0.25, -0.2) is 0 Å². The van der Waals surface area contributed by atoms with Gasteiger partial charge in [-0.3, -0.25) is 0 Å². The van der Waals surface area contributed by atoms with Crippen molar-refractivity contribution in [1.82, 2.24) is 0 Å². The molecule has 148 valence electrons. The molecule has 28 heavy (non-hydrogen) atoms. The van der Waals surface area contributed by atoms with Crippen LogP contribution in [0.25, 0.3) is 0 Å². The second-order valence-corrected chi connectivity index (χ2v) is 6.35. The number of rotatable bonds is 4. The molecule has 0 fully saturated rings. The predicted octanol–water partition coefficient (Wildman–Crippen LogP) is 6.90. The molecule has 0 aliphatic carbocycles. The van der Waals surface area contributed by atoms with Crippen LogP contribution in [0.1, 0.15) is 30.0 Å². The highest BCUT2D eigenvalue weighted by molar-refractivity contribution is 7.80. The first-order valence-corrected chi connectivity index (χ1v) is 9.46. The van der Waals surface area contributed by atoms with Crippen LogP contribution in [-0.2, 0) is 6.42 Å². The van der Waals surface area contributed by atoms with E-state index < -0.39 is 0 Å². The molecule has 3 rings (SSSR count). The van der Waals surface area contributed by atoms with E-state index in [1.165, 1.54) is 18.4 Å². The fourth-order valence-electron chi connectivity index (χ4n) is 2.09. The van der Waals surface area contributed by atoms with Gasteiger partial charge < -0.3 is 10.2 Å². The minimum atomic E-state index is -0.0457. The van der Waals surface area contributed by atoms with E-state index >= 15 is 0 Å². The Morgan fingerprint density at radius 3 is 1.21 bits per heavy atom. The third kappa shape index (κ3) is 11.4. The van der Waals surface area contributed by atoms with Gasteiger partial charge in [-0.2, -0.15) is 0 Å². The summed E-state index contributed by atoms with van der Waals surface area (Å²) in [5, 5.41) is 17.4. The first-order valence-electron chi connectivity index (χ1n) is 8.65. The monoisotopic (exact) mass is 432 g/mol. The summed E-state index contributed by atoms with van der Waals surface area (Å²) in [6.07, 6.45) is 2.45. The first-order chi connectivity index (χ1) is 13.0. The molecule has 0 radical (unpaired) electrons. The number of hydrogen-bond acceptors (Lipinski definition) is 2. The van der Waals surface area contributed by atoms with E-state index in [1.54, 1.807) is 24.3 Å². The number of thiocarbonyl (C=S) groups is 2. The lowest BCUT2D eigenvalue weighted by Gasteiger charge is -1.93. The largest absolute Gasteiger partial charge is 0.499 e. The molecule has 0 aliphatic heterocycles. The summed E-state index contributed by atoms with van der Waals surface area (Å²) in [6.45, 7) is 2.20. The van der Waals surface area contributed by atoms with Crippen LogP contribution in [0.3, 0.4) is 0 Å². The molecule has 2 nitrogen and oxygen atoms in total. The van der Waals surface area contributed by atoms with Crippen LogP contribution in [0.5, 0.6) is 0 Å². The fraction of sp³-hybridized carbons (Fsp3) is 0.130. The van der Waals surface area contributed by atoms with Crippen LogP contribution >= 0.6 is 36.8 Å². The van der Waals surface area contributed by atoms with Gasteiger partial charge >= 0.3 is 0 Å². The molecule has 0 aromatic heterocycles. The average Bonchev–Trinajstić information content (AvgIpc) is 2.71. The van der Waals surface area contributed by atoms with Gasteiger partial charge in [0, 0.05) is 11.1 Å². The molecule has 3 aromatic rings. The number of aliphatic hydroxyl groups is 2. The number of benzene rings is 3. The highest BCUT2D eigenvalue weighted by Crippen LogP contribution is 2.00. The Labute approximate surface area is 184 Å². The number of aryl methyl sites for hydroxylation is 1. The standard InChI is InChI=1S/C9H12.2C7H6OS.ClH/c1-2-6-9-7-4-3-5-8-9;2*8-7(9)6-4-2-1-3-5-6;/h3-5,7-8H,2,6H2,1H3;2*1-5H,(H,8,9);1H. The second-order valence-electron chi connectivity index (χ2n) is 5.58. The van der Waals surface area contributed by atoms with Crippen LogP contribution < -0.4 is 0 Å². The Morgan fingerprint density at radius 1 is 0.643 bits per heavy atom. The third-order valence-electron chi connectivity index (χ3n) is 3.42. The van der Waals surface area contributed by atoms with Crippen LogP contribution in [0.15, 0.2) is 91.0 Å². The molecular formula is C23H25ClO2S2. The molecule has 0 amide bonds. The number of hydrogen-bond donors (Lipinski definition) is 2. The molecule has 5 heteroatoms. The van der Waals surface area contributed by atoms with Crippen molar-refractivity contribution in [1.29, 1.82) is 0 Å². The highest BCUT2D eigenvalue weighted by Gasteiger charge is 1.92. The summed E-state index contributed by atoms with van der Waals surface area (Å²) in [6, 6.07) is 28.7. The van der Waals surface area contributed by atoms with Gasteiger partial charge in [-0.05, 0) is 36.4 Å². The van der Waals surface area contributed by atoms with Gasteiger partial charge in [0.2, 0.25) is 0 Å². The average molecular weight is 433 g/mol. The number of aliphatic hydroxyl groups excluding tert-OH is 2. The molecule has 2 N–H and O–H groups in total. The van der Waals surface area contributed by atoms with Gasteiger partial charge in [-0.1, -0.05) is 104 Å². The Balaban J connectivity index is 0.000000384. The highest BCUT2D eigenvalue weighted by atomic mass is 35.5. The summed E-state index contributed by atoms with van der Waals surface area (Å²) >= 11 is 9.04. The van der Waals surface area contributed by atoms with Gasteiger partial charge in [0.25, 0.3) is 0 Å². The first kappa shape index (κ1) is 25.7. The lowest BCUT2D eigenvalue weighted by molar-refractivity contribution is 0.570. The van der Waals surface area contributed by atoms with E-state index in [1.807, 2.05) is 36.4 Å². The zero-order valence-corrected chi connectivity index (χ0v) is 18.1. The van der Waals surface area contributed by atoms with Crippen molar-refractivity contribution in [3.8, 4) is 0 Å². The zero-order valence-electron chi connectivity index (χ0n) is 15.7. The van der Waals surface area contributed by atoms with Crippen molar-refractivity contribution in [2.24, 2.45) is 0 Å². The summed E-state index contributed by atoms with van der Waals surface area (Å²) in [5.74, 6) is 0. The topological polar surface area (TPSA) is 40.5 Å². The normalized spacial score (nSPS) is 8.75. The minimum absolute atomic E-state index is 0. The molecule has 0 saturated carbocycles. The van der Waals surface area contributed by atoms with E-state index in [4.69, 9.17) is 10.2 Å². The van der Waals surface area contributed by atoms with Crippen LogP contribution in [0.4, 0.5) is 0 Å². The minimum Gasteiger partial charge on any atom is -0.499 e. The fourth-order valence-corrected chi connectivity index (χ4v) is 2.37. The Morgan fingerprint density at radius 2 is 0.964 bits per heavy atom. The van der Waals surface area contributed by atoms with E-state index in [0.717, 1.165) is 0 Å². The summed E-state index contributed by atoms with van der Waals surface area (Å²) < 4.78 is 0. The molecule has 0 aliphatic rings. The number of halogens is 1. The Hall–Kier alpha value is -2.27. The zero-order chi connectivity index (χ0) is 19.9. The SMILES string of the molecule is CCCc1ccccc1.Cl.OC(=S)c1ccccc1.OC(=S)c1ccccc1. The van der Waals surface area contributed by atoms with E-state index in [-0.39, 0.29) is 22.5 Å². The van der Waals surface area contributed by atoms with Gasteiger partial charge in [0.05, 0.1) is 0 Å². The van der Waals surface area contributed by atoms with Crippen molar-refractivity contribution >= 4 is 46.9 Å². The summed E-state index contributed by atoms with van der Waals surface area (Å²) in [4.78, 5) is 0. The van der Waals surface area contributed by atoms with Gasteiger partial charge in [0.15, 0.2) is 10.1 Å². The second kappa shape index (κ2) is 15.8. The summed E-state index contributed by atoms with van der Waals surface area (Å²) in [5.41, 5.74) is 2.85. The van der Waals surface area contributed by atoms with Crippen LogP contribution in [-0.4, -0.2) is 20.3 Å². The molecule has 0 heterocycles. The molecule has 0 unspecified atom stereocenters.